The number of aromatic nitrogens is 1. The highest BCUT2D eigenvalue weighted by atomic mass is 32.2. The third-order valence-corrected chi connectivity index (χ3v) is 7.56. The number of nitrogens with zero attached hydrogens (tertiary/aromatic N) is 2. The predicted octanol–water partition coefficient (Wildman–Crippen LogP) is 5.62. The van der Waals surface area contributed by atoms with Gasteiger partial charge in [0.25, 0.3) is 0 Å². The van der Waals surface area contributed by atoms with Crippen molar-refractivity contribution in [1.82, 2.24) is 4.57 Å². The lowest BCUT2D eigenvalue weighted by Crippen LogP contribution is -2.32. The van der Waals surface area contributed by atoms with Crippen molar-refractivity contribution >= 4 is 49.1 Å². The van der Waals surface area contributed by atoms with Crippen LogP contribution >= 0.6 is 0 Å². The summed E-state index contributed by atoms with van der Waals surface area (Å²) in [7, 11) is -3.46. The van der Waals surface area contributed by atoms with Crippen LogP contribution in [0.5, 0.6) is 0 Å². The molecule has 0 fully saturated rings. The number of fused-ring (bicyclic) bond motifs is 3. The van der Waals surface area contributed by atoms with Crippen molar-refractivity contribution in [1.29, 1.82) is 0 Å². The van der Waals surface area contributed by atoms with Crippen LogP contribution in [0.3, 0.4) is 0 Å². The van der Waals surface area contributed by atoms with Crippen LogP contribution in [0.2, 0.25) is 0 Å². The van der Waals surface area contributed by atoms with Gasteiger partial charge in [0.2, 0.25) is 15.9 Å². The SMILES string of the molecule is CCn1c2ccccc2c2cc(NC(=O)CCCN(c3cccc(C)c3C)S(C)(=O)=O)ccc21. The zero-order valence-electron chi connectivity index (χ0n) is 20.1. The molecule has 0 aliphatic heterocycles. The van der Waals surface area contributed by atoms with Crippen LogP contribution in [-0.2, 0) is 21.4 Å². The van der Waals surface area contributed by atoms with Crippen LogP contribution in [0.15, 0.2) is 60.7 Å². The number of para-hydroxylation sites is 1. The summed E-state index contributed by atoms with van der Waals surface area (Å²) in [6.07, 6.45) is 1.85. The largest absolute Gasteiger partial charge is 0.341 e. The highest BCUT2D eigenvalue weighted by Crippen LogP contribution is 2.31. The van der Waals surface area contributed by atoms with E-state index in [-0.39, 0.29) is 18.9 Å². The maximum Gasteiger partial charge on any atom is 0.232 e. The first-order chi connectivity index (χ1) is 16.2. The first-order valence-electron chi connectivity index (χ1n) is 11.6. The molecule has 34 heavy (non-hydrogen) atoms. The van der Waals surface area contributed by atoms with Gasteiger partial charge < -0.3 is 9.88 Å². The summed E-state index contributed by atoms with van der Waals surface area (Å²) in [5.74, 6) is -0.131. The molecule has 0 spiro atoms. The van der Waals surface area contributed by atoms with Crippen molar-refractivity contribution in [2.24, 2.45) is 0 Å². The third kappa shape index (κ3) is 4.66. The molecule has 4 rings (SSSR count). The van der Waals surface area contributed by atoms with Crippen molar-refractivity contribution in [2.75, 3.05) is 22.4 Å². The van der Waals surface area contributed by atoms with E-state index in [1.807, 2.05) is 62.4 Å². The number of benzene rings is 3. The minimum Gasteiger partial charge on any atom is -0.341 e. The lowest BCUT2D eigenvalue weighted by Gasteiger charge is -2.24. The standard InChI is InChI=1S/C27H31N3O3S/c1-5-29-25-12-7-6-11-22(25)23-18-21(15-16-26(23)29)28-27(31)14-9-17-30(34(4,32)33)24-13-8-10-19(2)20(24)3/h6-8,10-13,15-16,18H,5,9,14,17H2,1-4H3,(H,28,31). The second-order valence-corrected chi connectivity index (χ2v) is 10.6. The summed E-state index contributed by atoms with van der Waals surface area (Å²) in [5, 5.41) is 5.25. The number of aryl methyl sites for hydroxylation is 2. The fourth-order valence-corrected chi connectivity index (χ4v) is 5.57. The van der Waals surface area contributed by atoms with Crippen molar-refractivity contribution < 1.29 is 13.2 Å². The number of carbonyl (C=O) groups excluding carboxylic acids is 1. The summed E-state index contributed by atoms with van der Waals surface area (Å²) < 4.78 is 28.6. The number of carbonyl (C=O) groups is 1. The summed E-state index contributed by atoms with van der Waals surface area (Å²) in [6, 6.07) is 19.9. The molecule has 0 aliphatic rings. The molecule has 0 radical (unpaired) electrons. The van der Waals surface area contributed by atoms with Crippen molar-refractivity contribution in [3.05, 3.63) is 71.8 Å². The Morgan fingerprint density at radius 1 is 0.971 bits per heavy atom. The quantitative estimate of drug-likeness (QED) is 0.358. The van der Waals surface area contributed by atoms with E-state index < -0.39 is 10.0 Å². The van der Waals surface area contributed by atoms with Crippen molar-refractivity contribution in [3.63, 3.8) is 0 Å². The van der Waals surface area contributed by atoms with Crippen LogP contribution in [0, 0.1) is 13.8 Å². The van der Waals surface area contributed by atoms with E-state index >= 15 is 0 Å². The van der Waals surface area contributed by atoms with Gasteiger partial charge >= 0.3 is 0 Å². The number of hydrogen-bond acceptors (Lipinski definition) is 3. The Hall–Kier alpha value is -3.32. The Bertz CT molecular complexity index is 1470. The molecule has 6 nitrogen and oxygen atoms in total. The van der Waals surface area contributed by atoms with Crippen LogP contribution in [0.4, 0.5) is 11.4 Å². The summed E-state index contributed by atoms with van der Waals surface area (Å²) in [5.41, 5.74) is 5.68. The molecule has 0 saturated carbocycles. The van der Waals surface area contributed by atoms with Crippen LogP contribution < -0.4 is 9.62 Å². The Balaban J connectivity index is 1.47. The maximum atomic E-state index is 12.7. The molecule has 7 heteroatoms. The Labute approximate surface area is 201 Å². The Morgan fingerprint density at radius 3 is 2.44 bits per heavy atom. The molecular formula is C27H31N3O3S. The normalized spacial score (nSPS) is 11.8. The van der Waals surface area contributed by atoms with E-state index in [9.17, 15) is 13.2 Å². The fourth-order valence-electron chi connectivity index (χ4n) is 4.55. The molecule has 1 N–H and O–H groups in total. The number of anilines is 2. The average Bonchev–Trinajstić information content (AvgIpc) is 3.11. The molecule has 0 saturated heterocycles. The van der Waals surface area contributed by atoms with E-state index in [0.29, 0.717) is 12.1 Å². The first-order valence-corrected chi connectivity index (χ1v) is 13.4. The van der Waals surface area contributed by atoms with Gasteiger partial charge in [-0.25, -0.2) is 8.42 Å². The van der Waals surface area contributed by atoms with Crippen LogP contribution in [0.1, 0.15) is 30.9 Å². The number of amides is 1. The minimum atomic E-state index is -3.46. The predicted molar refractivity (Wildman–Crippen MR) is 141 cm³/mol. The third-order valence-electron chi connectivity index (χ3n) is 6.38. The number of sulfonamides is 1. The number of nitrogens with one attached hydrogen (secondary N) is 1. The second kappa shape index (κ2) is 9.50. The van der Waals surface area contributed by atoms with E-state index in [4.69, 9.17) is 0 Å². The van der Waals surface area contributed by atoms with E-state index in [1.165, 1.54) is 16.1 Å². The van der Waals surface area contributed by atoms with Gasteiger partial charge in [-0.15, -0.1) is 0 Å². The van der Waals surface area contributed by atoms with Crippen LogP contribution in [0.25, 0.3) is 21.8 Å². The van der Waals surface area contributed by atoms with Crippen LogP contribution in [-0.4, -0.2) is 31.7 Å². The lowest BCUT2D eigenvalue weighted by molar-refractivity contribution is -0.116. The van der Waals surface area contributed by atoms with Gasteiger partial charge in [-0.05, 0) is 68.7 Å². The van der Waals surface area contributed by atoms with Gasteiger partial charge in [0, 0.05) is 47.0 Å². The average molecular weight is 478 g/mol. The Kier molecular flexibility index (Phi) is 6.66. The molecule has 0 atom stereocenters. The molecule has 1 heterocycles. The van der Waals surface area contributed by atoms with E-state index in [2.05, 4.69) is 28.9 Å². The lowest BCUT2D eigenvalue weighted by atomic mass is 10.1. The van der Waals surface area contributed by atoms with Crippen molar-refractivity contribution in [3.8, 4) is 0 Å². The van der Waals surface area contributed by atoms with Crippen molar-refractivity contribution in [2.45, 2.75) is 40.2 Å². The molecule has 4 aromatic rings. The fraction of sp³-hybridized carbons (Fsp3) is 0.296. The molecule has 0 aliphatic carbocycles. The maximum absolute atomic E-state index is 12.7. The second-order valence-electron chi connectivity index (χ2n) is 8.70. The van der Waals surface area contributed by atoms with Gasteiger partial charge in [-0.1, -0.05) is 30.3 Å². The van der Waals surface area contributed by atoms with E-state index in [0.717, 1.165) is 39.6 Å². The summed E-state index contributed by atoms with van der Waals surface area (Å²) in [6.45, 7) is 7.12. The summed E-state index contributed by atoms with van der Waals surface area (Å²) in [4.78, 5) is 12.7. The topological polar surface area (TPSA) is 71.4 Å². The first kappa shape index (κ1) is 23.8. The smallest absolute Gasteiger partial charge is 0.232 e. The van der Waals surface area contributed by atoms with Gasteiger partial charge in [-0.3, -0.25) is 9.10 Å². The zero-order valence-corrected chi connectivity index (χ0v) is 20.9. The molecule has 3 aromatic carbocycles. The minimum absolute atomic E-state index is 0.131. The molecule has 0 bridgehead atoms. The molecular weight excluding hydrogens is 446 g/mol. The highest BCUT2D eigenvalue weighted by Gasteiger charge is 2.20. The van der Waals surface area contributed by atoms with E-state index in [1.54, 1.807) is 0 Å². The molecule has 0 unspecified atom stereocenters. The molecule has 1 amide bonds. The van der Waals surface area contributed by atoms with Gasteiger partial charge in [0.05, 0.1) is 11.9 Å². The monoisotopic (exact) mass is 477 g/mol. The number of rotatable bonds is 8. The van der Waals surface area contributed by atoms with Gasteiger partial charge in [-0.2, -0.15) is 0 Å². The highest BCUT2D eigenvalue weighted by molar-refractivity contribution is 7.92. The molecule has 178 valence electrons. The Morgan fingerprint density at radius 2 is 1.71 bits per heavy atom. The summed E-state index contributed by atoms with van der Waals surface area (Å²) >= 11 is 0. The zero-order chi connectivity index (χ0) is 24.5. The molecule has 1 aromatic heterocycles. The van der Waals surface area contributed by atoms with Gasteiger partial charge in [0.1, 0.15) is 0 Å². The van der Waals surface area contributed by atoms with Gasteiger partial charge in [0.15, 0.2) is 0 Å². The number of hydrogen-bond donors (Lipinski definition) is 1.